The van der Waals surface area contributed by atoms with Crippen molar-refractivity contribution in [1.82, 2.24) is 0 Å². The Morgan fingerprint density at radius 2 is 1.79 bits per heavy atom. The molecule has 120 valence electrons. The number of carbonyl (C=O) groups is 2. The summed E-state index contributed by atoms with van der Waals surface area (Å²) in [7, 11) is 0. The van der Waals surface area contributed by atoms with Crippen molar-refractivity contribution < 1.29 is 9.59 Å². The van der Waals surface area contributed by atoms with Gasteiger partial charge >= 0.3 is 0 Å². The number of amides is 1. The zero-order valence-corrected chi connectivity index (χ0v) is 14.1. The molecule has 0 spiro atoms. The molecule has 3 nitrogen and oxygen atoms in total. The number of ketones is 1. The molecule has 24 heavy (non-hydrogen) atoms. The second-order valence-electron chi connectivity index (χ2n) is 5.55. The van der Waals surface area contributed by atoms with Gasteiger partial charge in [0.1, 0.15) is 0 Å². The maximum Gasteiger partial charge on any atom is 0.229 e. The van der Waals surface area contributed by atoms with Crippen LogP contribution in [0.4, 0.5) is 5.69 Å². The first kappa shape index (κ1) is 16.1. The lowest BCUT2D eigenvalue weighted by Crippen LogP contribution is -2.16. The number of nitrogens with one attached hydrogen (secondary N) is 1. The minimum Gasteiger partial charge on any atom is -0.325 e. The van der Waals surface area contributed by atoms with Gasteiger partial charge in [-0.25, -0.2) is 0 Å². The summed E-state index contributed by atoms with van der Waals surface area (Å²) in [6, 6.07) is 18.4. The van der Waals surface area contributed by atoms with E-state index in [-0.39, 0.29) is 11.7 Å². The quantitative estimate of drug-likeness (QED) is 0.699. The van der Waals surface area contributed by atoms with Crippen LogP contribution < -0.4 is 5.32 Å². The maximum absolute atomic E-state index is 12.8. The summed E-state index contributed by atoms with van der Waals surface area (Å²) < 4.78 is 0. The Morgan fingerprint density at radius 1 is 1.00 bits per heavy atom. The van der Waals surface area contributed by atoms with E-state index >= 15 is 0 Å². The van der Waals surface area contributed by atoms with E-state index in [1.54, 1.807) is 29.5 Å². The van der Waals surface area contributed by atoms with Gasteiger partial charge in [0.2, 0.25) is 5.91 Å². The lowest BCUT2D eigenvalue weighted by molar-refractivity contribution is -0.115. The van der Waals surface area contributed by atoms with Crippen molar-refractivity contribution in [3.8, 4) is 0 Å². The van der Waals surface area contributed by atoms with Gasteiger partial charge in [0.05, 0.1) is 12.1 Å². The van der Waals surface area contributed by atoms with Crippen LogP contribution in [0.1, 0.15) is 26.4 Å². The van der Waals surface area contributed by atoms with E-state index in [4.69, 9.17) is 0 Å². The summed E-state index contributed by atoms with van der Waals surface area (Å²) in [5.74, 6) is -0.214. The number of thiophene rings is 1. The Hall–Kier alpha value is -2.72. The van der Waals surface area contributed by atoms with Gasteiger partial charge in [-0.05, 0) is 30.5 Å². The molecule has 1 amide bonds. The molecule has 0 aliphatic heterocycles. The fourth-order valence-corrected chi connectivity index (χ4v) is 3.17. The van der Waals surface area contributed by atoms with E-state index in [0.717, 1.165) is 10.4 Å². The zero-order valence-electron chi connectivity index (χ0n) is 13.3. The molecule has 0 aliphatic rings. The smallest absolute Gasteiger partial charge is 0.229 e. The number of rotatable bonds is 5. The fraction of sp³-hybridized carbons (Fsp3) is 0.100. The first-order valence-corrected chi connectivity index (χ1v) is 8.54. The third kappa shape index (κ3) is 3.78. The van der Waals surface area contributed by atoms with Crippen LogP contribution in [-0.4, -0.2) is 11.7 Å². The first-order valence-electron chi connectivity index (χ1n) is 7.66. The lowest BCUT2D eigenvalue weighted by atomic mass is 9.99. The Bertz CT molecular complexity index is 855. The number of hydrogen-bond donors (Lipinski definition) is 1. The number of aryl methyl sites for hydroxylation is 1. The number of anilines is 1. The molecule has 1 aromatic heterocycles. The van der Waals surface area contributed by atoms with Crippen molar-refractivity contribution in [3.63, 3.8) is 0 Å². The highest BCUT2D eigenvalue weighted by Crippen LogP contribution is 2.22. The number of carbonyl (C=O) groups excluding carboxylic acids is 2. The molecule has 2 aromatic carbocycles. The zero-order chi connectivity index (χ0) is 16.9. The maximum atomic E-state index is 12.8. The molecular formula is C20H17NO2S. The predicted molar refractivity (Wildman–Crippen MR) is 97.7 cm³/mol. The highest BCUT2D eigenvalue weighted by Gasteiger charge is 2.16. The first-order chi connectivity index (χ1) is 11.6. The molecule has 0 fully saturated rings. The molecule has 0 bridgehead atoms. The molecule has 0 saturated carbocycles. The van der Waals surface area contributed by atoms with E-state index in [9.17, 15) is 9.59 Å². The van der Waals surface area contributed by atoms with Gasteiger partial charge in [-0.1, -0.05) is 48.0 Å². The Labute approximate surface area is 145 Å². The SMILES string of the molecule is Cc1ccc(NC(=O)Cc2cccs2)c(C(=O)c2ccccc2)c1. The number of hydrogen-bond acceptors (Lipinski definition) is 3. The predicted octanol–water partition coefficient (Wildman–Crippen LogP) is 4.47. The van der Waals surface area contributed by atoms with Crippen molar-refractivity contribution in [2.45, 2.75) is 13.3 Å². The van der Waals surface area contributed by atoms with E-state index in [1.807, 2.05) is 54.8 Å². The summed E-state index contributed by atoms with van der Waals surface area (Å²) in [4.78, 5) is 26.0. The molecule has 3 aromatic rings. The highest BCUT2D eigenvalue weighted by atomic mass is 32.1. The Kier molecular flexibility index (Phi) is 4.87. The average Bonchev–Trinajstić information content (AvgIpc) is 3.09. The molecule has 0 radical (unpaired) electrons. The molecule has 1 heterocycles. The summed E-state index contributed by atoms with van der Waals surface area (Å²) in [5.41, 5.74) is 2.65. The van der Waals surface area contributed by atoms with E-state index in [0.29, 0.717) is 23.2 Å². The molecule has 0 atom stereocenters. The molecule has 3 rings (SSSR count). The van der Waals surface area contributed by atoms with Crippen LogP contribution in [-0.2, 0) is 11.2 Å². The molecule has 0 unspecified atom stereocenters. The van der Waals surface area contributed by atoms with Gasteiger partial charge < -0.3 is 5.32 Å². The van der Waals surface area contributed by atoms with Crippen LogP contribution in [0.5, 0.6) is 0 Å². The van der Waals surface area contributed by atoms with Crippen LogP contribution in [0.3, 0.4) is 0 Å². The molecule has 4 heteroatoms. The van der Waals surface area contributed by atoms with Gasteiger partial charge in [-0.3, -0.25) is 9.59 Å². The summed E-state index contributed by atoms with van der Waals surface area (Å²) in [5, 5.41) is 4.82. The third-order valence-corrected chi connectivity index (χ3v) is 4.52. The van der Waals surface area contributed by atoms with Crippen LogP contribution in [0.2, 0.25) is 0 Å². The van der Waals surface area contributed by atoms with Crippen LogP contribution in [0.25, 0.3) is 0 Å². The van der Waals surface area contributed by atoms with Gasteiger partial charge in [-0.15, -0.1) is 11.3 Å². The van der Waals surface area contributed by atoms with Gasteiger partial charge in [0, 0.05) is 16.0 Å². The second kappa shape index (κ2) is 7.23. The monoisotopic (exact) mass is 335 g/mol. The molecule has 0 aliphatic carbocycles. The van der Waals surface area contributed by atoms with Crippen molar-refractivity contribution in [2.24, 2.45) is 0 Å². The highest BCUT2D eigenvalue weighted by molar-refractivity contribution is 7.10. The van der Waals surface area contributed by atoms with Gasteiger partial charge in [0.15, 0.2) is 5.78 Å². The van der Waals surface area contributed by atoms with E-state index in [2.05, 4.69) is 5.32 Å². The second-order valence-corrected chi connectivity index (χ2v) is 6.58. The lowest BCUT2D eigenvalue weighted by Gasteiger charge is -2.11. The molecule has 1 N–H and O–H groups in total. The standard InChI is InChI=1S/C20H17NO2S/c1-14-9-10-18(21-19(22)13-16-8-5-11-24-16)17(12-14)20(23)15-6-3-2-4-7-15/h2-12H,13H2,1H3,(H,21,22). The third-order valence-electron chi connectivity index (χ3n) is 3.64. The minimum atomic E-state index is -0.122. The fourth-order valence-electron chi connectivity index (χ4n) is 2.47. The van der Waals surface area contributed by atoms with Crippen molar-refractivity contribution >= 4 is 28.7 Å². The van der Waals surface area contributed by atoms with Crippen molar-refractivity contribution in [2.75, 3.05) is 5.32 Å². The topological polar surface area (TPSA) is 46.2 Å². The minimum absolute atomic E-state index is 0.0919. The number of benzene rings is 2. The van der Waals surface area contributed by atoms with Crippen LogP contribution in [0.15, 0.2) is 66.0 Å². The van der Waals surface area contributed by atoms with E-state index < -0.39 is 0 Å². The molecule has 0 saturated heterocycles. The van der Waals surface area contributed by atoms with Crippen LogP contribution in [0, 0.1) is 6.92 Å². The Morgan fingerprint density at radius 3 is 2.50 bits per heavy atom. The van der Waals surface area contributed by atoms with Crippen LogP contribution >= 0.6 is 11.3 Å². The normalized spacial score (nSPS) is 10.4. The van der Waals surface area contributed by atoms with Crippen molar-refractivity contribution in [3.05, 3.63) is 87.6 Å². The molecular weight excluding hydrogens is 318 g/mol. The Balaban J connectivity index is 1.86. The summed E-state index contributed by atoms with van der Waals surface area (Å²) >= 11 is 1.54. The summed E-state index contributed by atoms with van der Waals surface area (Å²) in [6.45, 7) is 1.93. The average molecular weight is 335 g/mol. The van der Waals surface area contributed by atoms with Crippen molar-refractivity contribution in [1.29, 1.82) is 0 Å². The van der Waals surface area contributed by atoms with E-state index in [1.165, 1.54) is 0 Å². The van der Waals surface area contributed by atoms with Gasteiger partial charge in [0.25, 0.3) is 0 Å². The largest absolute Gasteiger partial charge is 0.325 e. The summed E-state index contributed by atoms with van der Waals surface area (Å²) in [6.07, 6.45) is 0.310. The van der Waals surface area contributed by atoms with Gasteiger partial charge in [-0.2, -0.15) is 0 Å².